The van der Waals surface area contributed by atoms with Gasteiger partial charge < -0.3 is 15.0 Å². The molecular formula is C17H32N2O2. The van der Waals surface area contributed by atoms with Gasteiger partial charge in [-0.15, -0.1) is 0 Å². The maximum absolute atomic E-state index is 12.3. The number of hydrogen-bond donors (Lipinski definition) is 1. The smallest absolute Gasteiger partial charge is 0.326 e. The van der Waals surface area contributed by atoms with Crippen LogP contribution < -0.4 is 5.32 Å². The fraction of sp³-hybridized carbons (Fsp3) is 0.941. The lowest BCUT2D eigenvalue weighted by Gasteiger charge is -2.44. The third-order valence-electron chi connectivity index (χ3n) is 5.22. The van der Waals surface area contributed by atoms with Crippen molar-refractivity contribution in [2.45, 2.75) is 76.3 Å². The van der Waals surface area contributed by atoms with Crippen LogP contribution in [-0.2, 0) is 9.53 Å². The van der Waals surface area contributed by atoms with Crippen LogP contribution in [0.25, 0.3) is 0 Å². The van der Waals surface area contributed by atoms with E-state index < -0.39 is 5.54 Å². The van der Waals surface area contributed by atoms with Gasteiger partial charge in [0, 0.05) is 6.04 Å². The van der Waals surface area contributed by atoms with Gasteiger partial charge in [0.05, 0.1) is 7.11 Å². The van der Waals surface area contributed by atoms with E-state index >= 15 is 0 Å². The maximum atomic E-state index is 12.3. The summed E-state index contributed by atoms with van der Waals surface area (Å²) in [6, 6.07) is 0.537. The van der Waals surface area contributed by atoms with E-state index in [1.54, 1.807) is 0 Å². The van der Waals surface area contributed by atoms with E-state index in [1.807, 2.05) is 0 Å². The molecule has 122 valence electrons. The van der Waals surface area contributed by atoms with Crippen LogP contribution in [0.3, 0.4) is 0 Å². The lowest BCUT2D eigenvalue weighted by molar-refractivity contribution is -0.151. The number of nitrogens with zero attached hydrogens (tertiary/aromatic N) is 1. The van der Waals surface area contributed by atoms with Gasteiger partial charge in [-0.2, -0.15) is 0 Å². The molecule has 1 N–H and O–H groups in total. The van der Waals surface area contributed by atoms with Crippen LogP contribution in [0.5, 0.6) is 0 Å². The van der Waals surface area contributed by atoms with Gasteiger partial charge >= 0.3 is 5.97 Å². The summed E-state index contributed by atoms with van der Waals surface area (Å²) >= 11 is 0. The Morgan fingerprint density at radius 3 is 2.48 bits per heavy atom. The van der Waals surface area contributed by atoms with Crippen LogP contribution in [0.15, 0.2) is 0 Å². The second-order valence-electron chi connectivity index (χ2n) is 6.66. The Balaban J connectivity index is 2.04. The van der Waals surface area contributed by atoms with Gasteiger partial charge in [0.1, 0.15) is 5.54 Å². The number of methoxy groups -OCH3 is 1. The molecule has 1 saturated carbocycles. The Labute approximate surface area is 129 Å². The molecule has 0 aromatic rings. The summed E-state index contributed by atoms with van der Waals surface area (Å²) < 4.78 is 5.11. The largest absolute Gasteiger partial charge is 0.468 e. The summed E-state index contributed by atoms with van der Waals surface area (Å²) in [6.07, 6.45) is 10.9. The third-order valence-corrected chi connectivity index (χ3v) is 5.22. The van der Waals surface area contributed by atoms with E-state index in [4.69, 9.17) is 4.74 Å². The molecule has 1 heterocycles. The van der Waals surface area contributed by atoms with Crippen molar-refractivity contribution in [3.8, 4) is 0 Å². The second-order valence-corrected chi connectivity index (χ2v) is 6.66. The quantitative estimate of drug-likeness (QED) is 0.810. The summed E-state index contributed by atoms with van der Waals surface area (Å²) in [5.41, 5.74) is -0.450. The van der Waals surface area contributed by atoms with Crippen molar-refractivity contribution in [3.63, 3.8) is 0 Å². The third kappa shape index (κ3) is 4.19. The zero-order valence-electron chi connectivity index (χ0n) is 13.8. The molecule has 0 spiro atoms. The first-order valence-corrected chi connectivity index (χ1v) is 8.79. The van der Waals surface area contributed by atoms with E-state index in [9.17, 15) is 4.79 Å². The van der Waals surface area contributed by atoms with Crippen LogP contribution in [0.2, 0.25) is 0 Å². The molecule has 4 heteroatoms. The van der Waals surface area contributed by atoms with Crippen molar-refractivity contribution >= 4 is 5.97 Å². The molecule has 0 bridgehead atoms. The fourth-order valence-electron chi connectivity index (χ4n) is 4.15. The molecule has 0 amide bonds. The molecule has 2 fully saturated rings. The van der Waals surface area contributed by atoms with E-state index in [1.165, 1.54) is 58.7 Å². The van der Waals surface area contributed by atoms with Crippen LogP contribution in [0.1, 0.15) is 64.7 Å². The number of esters is 1. The predicted octanol–water partition coefficient (Wildman–Crippen LogP) is 2.72. The highest BCUT2D eigenvalue weighted by Gasteiger charge is 2.44. The highest BCUT2D eigenvalue weighted by molar-refractivity contribution is 5.81. The van der Waals surface area contributed by atoms with Gasteiger partial charge in [0.2, 0.25) is 0 Å². The number of carbonyl (C=O) groups excluding carboxylic acids is 1. The minimum absolute atomic E-state index is 0.0684. The molecule has 2 rings (SSSR count). The summed E-state index contributed by atoms with van der Waals surface area (Å²) in [4.78, 5) is 15.0. The highest BCUT2D eigenvalue weighted by Crippen LogP contribution is 2.33. The lowest BCUT2D eigenvalue weighted by Crippen LogP contribution is -2.59. The number of hydrogen-bond acceptors (Lipinski definition) is 4. The number of likely N-dealkylation sites (tertiary alicyclic amines) is 1. The Morgan fingerprint density at radius 1 is 1.19 bits per heavy atom. The molecule has 2 atom stereocenters. The van der Waals surface area contributed by atoms with Gasteiger partial charge in [-0.3, -0.25) is 4.79 Å². The summed E-state index contributed by atoms with van der Waals surface area (Å²) in [5.74, 6) is -0.0684. The lowest BCUT2D eigenvalue weighted by atomic mass is 9.78. The van der Waals surface area contributed by atoms with Crippen LogP contribution in [0, 0.1) is 0 Å². The molecule has 0 aromatic carbocycles. The van der Waals surface area contributed by atoms with Crippen LogP contribution in [-0.4, -0.2) is 49.2 Å². The van der Waals surface area contributed by atoms with E-state index in [2.05, 4.69) is 17.1 Å². The van der Waals surface area contributed by atoms with E-state index in [-0.39, 0.29) is 5.97 Å². The predicted molar refractivity (Wildman–Crippen MR) is 85.3 cm³/mol. The highest BCUT2D eigenvalue weighted by atomic mass is 16.5. The average Bonchev–Trinajstić information content (AvgIpc) is 2.46. The minimum atomic E-state index is -0.450. The first-order valence-electron chi connectivity index (χ1n) is 8.79. The molecule has 1 aliphatic heterocycles. The molecule has 21 heavy (non-hydrogen) atoms. The fourth-order valence-corrected chi connectivity index (χ4v) is 4.15. The molecule has 1 saturated heterocycles. The van der Waals surface area contributed by atoms with Gasteiger partial charge in [-0.25, -0.2) is 0 Å². The number of likely N-dealkylation sites (N-methyl/N-ethyl adjacent to an activating group) is 1. The zero-order chi connectivity index (χ0) is 15.1. The number of ether oxygens (including phenoxy) is 1. The van der Waals surface area contributed by atoms with Gasteiger partial charge in [0.25, 0.3) is 0 Å². The number of rotatable bonds is 4. The second kappa shape index (κ2) is 8.14. The normalized spacial score (nSPS) is 32.2. The maximum Gasteiger partial charge on any atom is 0.326 e. The van der Waals surface area contributed by atoms with E-state index in [0.29, 0.717) is 6.04 Å². The van der Waals surface area contributed by atoms with Crippen LogP contribution >= 0.6 is 0 Å². The molecule has 2 aliphatic rings. The van der Waals surface area contributed by atoms with Gasteiger partial charge in [0.15, 0.2) is 0 Å². The average molecular weight is 296 g/mol. The van der Waals surface area contributed by atoms with Crippen molar-refractivity contribution in [2.24, 2.45) is 0 Å². The van der Waals surface area contributed by atoms with Crippen molar-refractivity contribution in [1.82, 2.24) is 10.2 Å². The first-order chi connectivity index (χ1) is 10.2. The van der Waals surface area contributed by atoms with Crippen molar-refractivity contribution in [1.29, 1.82) is 0 Å². The molecule has 2 unspecified atom stereocenters. The first kappa shape index (κ1) is 16.8. The molecular weight excluding hydrogens is 264 g/mol. The van der Waals surface area contributed by atoms with E-state index in [0.717, 1.165) is 25.8 Å². The summed E-state index contributed by atoms with van der Waals surface area (Å²) in [5, 5.41) is 3.44. The Kier molecular flexibility index (Phi) is 6.49. The zero-order valence-corrected chi connectivity index (χ0v) is 13.8. The molecule has 4 nitrogen and oxygen atoms in total. The minimum Gasteiger partial charge on any atom is -0.468 e. The standard InChI is InChI=1S/C17H32N2O2/c1-3-18-17(16(20)21-2)11-9-10-15(14-17)19-12-7-5-4-6-8-13-19/h15,18H,3-14H2,1-2H3. The molecule has 1 aliphatic carbocycles. The van der Waals surface area contributed by atoms with Crippen molar-refractivity contribution in [2.75, 3.05) is 26.7 Å². The topological polar surface area (TPSA) is 41.6 Å². The molecule has 0 aromatic heterocycles. The summed E-state index contributed by atoms with van der Waals surface area (Å²) in [7, 11) is 1.52. The monoisotopic (exact) mass is 296 g/mol. The summed E-state index contributed by atoms with van der Waals surface area (Å²) in [6.45, 7) is 5.30. The number of carbonyl (C=O) groups is 1. The Morgan fingerprint density at radius 2 is 1.86 bits per heavy atom. The van der Waals surface area contributed by atoms with Crippen LogP contribution in [0.4, 0.5) is 0 Å². The van der Waals surface area contributed by atoms with Gasteiger partial charge in [-0.05, 0) is 58.2 Å². The Hall–Kier alpha value is -0.610. The number of nitrogens with one attached hydrogen (secondary N) is 1. The van der Waals surface area contributed by atoms with Crippen molar-refractivity contribution < 1.29 is 9.53 Å². The molecule has 0 radical (unpaired) electrons. The van der Waals surface area contributed by atoms with Crippen molar-refractivity contribution in [3.05, 3.63) is 0 Å². The Bertz CT molecular complexity index is 323. The SMILES string of the molecule is CCNC1(C(=O)OC)CCCC(N2CCCCCCC2)C1. The van der Waals surface area contributed by atoms with Gasteiger partial charge in [-0.1, -0.05) is 26.2 Å².